The van der Waals surface area contributed by atoms with Gasteiger partial charge in [0.25, 0.3) is 0 Å². The van der Waals surface area contributed by atoms with Crippen molar-refractivity contribution in [1.82, 2.24) is 34.5 Å². The van der Waals surface area contributed by atoms with Crippen molar-refractivity contribution < 1.29 is 0 Å². The Bertz CT molecular complexity index is 3040. The molecule has 1 aliphatic heterocycles. The van der Waals surface area contributed by atoms with Crippen LogP contribution >= 0.6 is 0 Å². The molecule has 0 radical (unpaired) electrons. The van der Waals surface area contributed by atoms with Crippen LogP contribution in [0, 0.1) is 0 Å². The first-order valence-corrected chi connectivity index (χ1v) is 21.3. The summed E-state index contributed by atoms with van der Waals surface area (Å²) < 4.78 is 2.39. The minimum Gasteiger partial charge on any atom is -0.299 e. The smallest absolute Gasteiger partial charge is 0.226 e. The first kappa shape index (κ1) is 33.6. The summed E-state index contributed by atoms with van der Waals surface area (Å²) in [5.74, 6) is 1.81. The lowest BCUT2D eigenvalue weighted by Gasteiger charge is -2.29. The van der Waals surface area contributed by atoms with E-state index in [0.717, 1.165) is 61.1 Å². The number of para-hydroxylation sites is 3. The van der Waals surface area contributed by atoms with Gasteiger partial charge in [-0.05, 0) is 62.6 Å². The molecule has 7 nitrogen and oxygen atoms in total. The molecule has 8 heteroatoms. The second-order valence-corrected chi connectivity index (χ2v) is 18.0. The van der Waals surface area contributed by atoms with Crippen molar-refractivity contribution in [1.29, 1.82) is 0 Å². The van der Waals surface area contributed by atoms with Crippen molar-refractivity contribution >= 4 is 40.1 Å². The van der Waals surface area contributed by atoms with Crippen LogP contribution in [0.1, 0.15) is 0 Å². The lowest BCUT2D eigenvalue weighted by atomic mass is 10.0. The van der Waals surface area contributed by atoms with Gasteiger partial charge in [-0.2, -0.15) is 0 Å². The van der Waals surface area contributed by atoms with E-state index in [1.54, 1.807) is 6.20 Å². The summed E-state index contributed by atoms with van der Waals surface area (Å²) in [6.45, 7) is 0. The number of rotatable bonds is 7. The molecular formula is C50H33N7Si. The molecule has 58 heavy (non-hydrogen) atoms. The molecule has 1 unspecified atom stereocenters. The van der Waals surface area contributed by atoms with E-state index < -0.39 is 8.07 Å². The predicted molar refractivity (Wildman–Crippen MR) is 234 cm³/mol. The van der Waals surface area contributed by atoms with E-state index in [0.29, 0.717) is 17.5 Å². The van der Waals surface area contributed by atoms with Crippen LogP contribution in [0.15, 0.2) is 201 Å². The Kier molecular flexibility index (Phi) is 8.01. The van der Waals surface area contributed by atoms with Gasteiger partial charge in [-0.3, -0.25) is 14.5 Å². The summed E-state index contributed by atoms with van der Waals surface area (Å²) >= 11 is 0. The van der Waals surface area contributed by atoms with Crippen LogP contribution in [0.4, 0.5) is 0 Å². The van der Waals surface area contributed by atoms with Crippen molar-refractivity contribution in [3.05, 3.63) is 201 Å². The monoisotopic (exact) mass is 759 g/mol. The third-order valence-corrected chi connectivity index (χ3v) is 15.7. The molecular weight excluding hydrogens is 727 g/mol. The number of aromatic nitrogens is 7. The molecule has 1 atom stereocenters. The van der Waals surface area contributed by atoms with Gasteiger partial charge in [0.1, 0.15) is 5.45 Å². The van der Waals surface area contributed by atoms with E-state index in [-0.39, 0.29) is 0 Å². The van der Waals surface area contributed by atoms with E-state index in [1.807, 2.05) is 91.4 Å². The number of hydrogen-bond donors (Lipinski definition) is 0. The number of pyridine rings is 2. The molecule has 0 N–H and O–H groups in total. The third kappa shape index (κ3) is 5.42. The second kappa shape index (κ2) is 13.8. The van der Waals surface area contributed by atoms with E-state index in [1.165, 1.54) is 15.6 Å². The quantitative estimate of drug-likeness (QED) is 0.153. The molecule has 11 rings (SSSR count). The van der Waals surface area contributed by atoms with Crippen LogP contribution in [0.25, 0.3) is 73.1 Å². The minimum atomic E-state index is -3.13. The molecule has 0 bridgehead atoms. The molecule has 272 valence electrons. The van der Waals surface area contributed by atoms with E-state index in [4.69, 9.17) is 19.9 Å². The number of hydrogen-bond acceptors (Lipinski definition) is 6. The highest BCUT2D eigenvalue weighted by molar-refractivity contribution is 7.20. The largest absolute Gasteiger partial charge is 0.299 e. The fourth-order valence-electron chi connectivity index (χ4n) is 8.48. The molecule has 1 aliphatic rings. The lowest BCUT2D eigenvalue weighted by molar-refractivity contribution is 1.07. The maximum absolute atomic E-state index is 5.55. The standard InChI is InChI=1S/C50H33N7Si/c1-3-13-35(14-4-1)47-54-48(36-15-5-2-6-16-36)56-49(55-47)42-31-40(27-28-41(42)38-18-12-30-52-33-38)58(39-25-23-34(24-26-39)37-17-11-29-51-32-37)46-22-10-9-21-45(46)57-44-20-8-7-19-43(44)53-50(57)58/h1-33H. The number of imidazole rings is 1. The maximum atomic E-state index is 5.55. The van der Waals surface area contributed by atoms with Gasteiger partial charge in [-0.25, -0.2) is 19.9 Å². The third-order valence-electron chi connectivity index (χ3n) is 11.1. The number of nitrogens with zero attached hydrogens (tertiary/aromatic N) is 7. The highest BCUT2D eigenvalue weighted by Gasteiger charge is 2.52. The van der Waals surface area contributed by atoms with Crippen molar-refractivity contribution in [3.8, 4) is 62.1 Å². The normalized spacial score (nSPS) is 14.3. The Morgan fingerprint density at radius 3 is 1.67 bits per heavy atom. The first-order valence-electron chi connectivity index (χ1n) is 19.3. The van der Waals surface area contributed by atoms with Crippen LogP contribution in [0.3, 0.4) is 0 Å². The summed E-state index contributed by atoms with van der Waals surface area (Å²) in [6, 6.07) is 61.6. The number of fused-ring (bicyclic) bond motifs is 5. The van der Waals surface area contributed by atoms with Gasteiger partial charge in [0.15, 0.2) is 17.5 Å². The average molecular weight is 760 g/mol. The van der Waals surface area contributed by atoms with Crippen LogP contribution < -0.4 is 21.0 Å². The van der Waals surface area contributed by atoms with Crippen molar-refractivity contribution in [2.24, 2.45) is 0 Å². The average Bonchev–Trinajstić information content (AvgIpc) is 3.83. The zero-order chi connectivity index (χ0) is 38.5. The molecule has 0 saturated carbocycles. The summed E-state index contributed by atoms with van der Waals surface area (Å²) in [4.78, 5) is 30.1. The molecule has 10 aromatic rings. The van der Waals surface area contributed by atoms with E-state index in [9.17, 15) is 0 Å². The lowest BCUT2D eigenvalue weighted by Crippen LogP contribution is -2.73. The Morgan fingerprint density at radius 1 is 0.397 bits per heavy atom. The highest BCUT2D eigenvalue weighted by Crippen LogP contribution is 2.34. The Morgan fingerprint density at radius 2 is 0.983 bits per heavy atom. The SMILES string of the molecule is c1ccc(-c2nc(-c3ccccc3)nc(-c3cc([Si]4(c5ccc(-c6cccnc6)cc5)c5ccccc5-n5c4nc4ccccc45)ccc3-c3cccnc3)n2)cc1. The summed E-state index contributed by atoms with van der Waals surface area (Å²) in [5.41, 5.74) is 11.2. The van der Waals surface area contributed by atoms with Crippen LogP contribution in [0.2, 0.25) is 0 Å². The van der Waals surface area contributed by atoms with E-state index >= 15 is 0 Å². The number of benzene rings is 6. The van der Waals surface area contributed by atoms with Crippen LogP contribution in [-0.4, -0.2) is 42.5 Å². The predicted octanol–water partition coefficient (Wildman–Crippen LogP) is 8.03. The molecule has 5 heterocycles. The Labute approximate surface area is 336 Å². The molecule has 0 fully saturated rings. The Hall–Kier alpha value is -7.68. The molecule has 0 aliphatic carbocycles. The molecule has 0 saturated heterocycles. The van der Waals surface area contributed by atoms with Crippen LogP contribution in [-0.2, 0) is 0 Å². The van der Waals surface area contributed by atoms with Crippen molar-refractivity contribution in [3.63, 3.8) is 0 Å². The topological polar surface area (TPSA) is 82.3 Å². The fourth-order valence-corrected chi connectivity index (χ4v) is 13.3. The zero-order valence-electron chi connectivity index (χ0n) is 31.2. The fraction of sp³-hybridized carbons (Fsp3) is 0. The van der Waals surface area contributed by atoms with Gasteiger partial charge in [0.2, 0.25) is 8.07 Å². The first-order chi connectivity index (χ1) is 28.8. The van der Waals surface area contributed by atoms with Gasteiger partial charge in [0, 0.05) is 52.7 Å². The highest BCUT2D eigenvalue weighted by atomic mass is 28.3. The van der Waals surface area contributed by atoms with Gasteiger partial charge in [0.05, 0.1) is 11.0 Å². The maximum Gasteiger partial charge on any atom is 0.226 e. The summed E-state index contributed by atoms with van der Waals surface area (Å²) in [7, 11) is -3.13. The van der Waals surface area contributed by atoms with Gasteiger partial charge >= 0.3 is 0 Å². The van der Waals surface area contributed by atoms with Gasteiger partial charge in [-0.15, -0.1) is 0 Å². The summed E-state index contributed by atoms with van der Waals surface area (Å²) in [6.07, 6.45) is 7.44. The van der Waals surface area contributed by atoms with Crippen molar-refractivity contribution in [2.75, 3.05) is 0 Å². The summed E-state index contributed by atoms with van der Waals surface area (Å²) in [5, 5.41) is 3.68. The van der Waals surface area contributed by atoms with E-state index in [2.05, 4.69) is 118 Å². The minimum absolute atomic E-state index is 0.587. The zero-order valence-corrected chi connectivity index (χ0v) is 32.2. The molecule has 4 aromatic heterocycles. The molecule has 0 amide bonds. The van der Waals surface area contributed by atoms with Gasteiger partial charge in [-0.1, -0.05) is 146 Å². The van der Waals surface area contributed by atoms with Gasteiger partial charge < -0.3 is 0 Å². The Balaban J connectivity index is 1.22. The second-order valence-electron chi connectivity index (χ2n) is 14.4. The molecule has 6 aromatic carbocycles. The molecule has 0 spiro atoms. The van der Waals surface area contributed by atoms with Crippen LogP contribution in [0.5, 0.6) is 0 Å². The van der Waals surface area contributed by atoms with Crippen molar-refractivity contribution in [2.45, 2.75) is 0 Å².